The molecule has 1 aromatic rings. The Morgan fingerprint density at radius 1 is 1.21 bits per heavy atom. The summed E-state index contributed by atoms with van der Waals surface area (Å²) in [6, 6.07) is 6.62. The Bertz CT molecular complexity index is 472. The molecule has 0 saturated carbocycles. The van der Waals surface area contributed by atoms with Gasteiger partial charge in [0.2, 0.25) is 0 Å². The van der Waals surface area contributed by atoms with Crippen molar-refractivity contribution in [3.05, 3.63) is 47.7 Å². The Morgan fingerprint density at radius 2 is 1.79 bits per heavy atom. The van der Waals surface area contributed by atoms with E-state index in [2.05, 4.69) is 0 Å². The number of hydrogen-bond acceptors (Lipinski definition) is 2. The fourth-order valence-corrected chi connectivity index (χ4v) is 1.39. The van der Waals surface area contributed by atoms with Crippen LogP contribution in [0.25, 0.3) is 0 Å². The third-order valence-electron chi connectivity index (χ3n) is 2.42. The molecule has 1 aromatic carbocycles. The molecule has 1 rings (SSSR count). The highest BCUT2D eigenvalue weighted by Gasteiger charge is 2.31. The number of allylic oxidation sites excluding steroid dienone is 4. The van der Waals surface area contributed by atoms with Gasteiger partial charge in [0.25, 0.3) is 0 Å². The van der Waals surface area contributed by atoms with Crippen molar-refractivity contribution in [1.29, 1.82) is 0 Å². The van der Waals surface area contributed by atoms with Gasteiger partial charge in [-0.25, -0.2) is 0 Å². The smallest absolute Gasteiger partial charge is 0.412 e. The molecule has 2 N–H and O–H groups in total. The first-order valence-corrected chi connectivity index (χ1v) is 5.81. The first-order valence-electron chi connectivity index (χ1n) is 5.81. The number of nitrogens with two attached hydrogens (primary N) is 1. The number of ether oxygens (including phenoxy) is 1. The number of halogens is 3. The summed E-state index contributed by atoms with van der Waals surface area (Å²) in [6.45, 7) is 3.06. The van der Waals surface area contributed by atoms with Crippen LogP contribution in [0.4, 0.5) is 18.9 Å². The lowest BCUT2D eigenvalue weighted by atomic mass is 10.2. The first kappa shape index (κ1) is 15.1. The minimum absolute atomic E-state index is 0.0743. The summed E-state index contributed by atoms with van der Waals surface area (Å²) in [5.41, 5.74) is 5.52. The van der Waals surface area contributed by atoms with Gasteiger partial charge < -0.3 is 10.5 Å². The van der Waals surface area contributed by atoms with E-state index in [9.17, 15) is 13.2 Å². The SMILES string of the molecule is CC/C(=C\C=C(/C)Oc1ccc(N)cc1)C(F)(F)F. The molecule has 0 fully saturated rings. The van der Waals surface area contributed by atoms with Crippen LogP contribution >= 0.6 is 0 Å². The van der Waals surface area contributed by atoms with E-state index in [1.54, 1.807) is 31.2 Å². The van der Waals surface area contributed by atoms with Gasteiger partial charge in [0, 0.05) is 11.3 Å². The fourth-order valence-electron chi connectivity index (χ4n) is 1.39. The molecule has 5 heteroatoms. The normalized spacial score (nSPS) is 13.5. The second-order valence-corrected chi connectivity index (χ2v) is 3.99. The molecule has 0 saturated heterocycles. The molecule has 2 nitrogen and oxygen atoms in total. The van der Waals surface area contributed by atoms with E-state index in [1.165, 1.54) is 13.0 Å². The van der Waals surface area contributed by atoms with Crippen molar-refractivity contribution >= 4 is 5.69 Å². The van der Waals surface area contributed by atoms with Crippen molar-refractivity contribution in [1.82, 2.24) is 0 Å². The maximum atomic E-state index is 12.5. The van der Waals surface area contributed by atoms with Crippen LogP contribution in [-0.2, 0) is 0 Å². The highest BCUT2D eigenvalue weighted by atomic mass is 19.4. The number of alkyl halides is 3. The lowest BCUT2D eigenvalue weighted by molar-refractivity contribution is -0.0935. The molecule has 0 amide bonds. The van der Waals surface area contributed by atoms with E-state index in [0.717, 1.165) is 6.08 Å². The van der Waals surface area contributed by atoms with Crippen LogP contribution < -0.4 is 10.5 Å². The third kappa shape index (κ3) is 5.07. The Balaban J connectivity index is 2.77. The van der Waals surface area contributed by atoms with Crippen molar-refractivity contribution in [3.63, 3.8) is 0 Å². The number of anilines is 1. The predicted octanol–water partition coefficient (Wildman–Crippen LogP) is 4.45. The Morgan fingerprint density at radius 3 is 2.26 bits per heavy atom. The monoisotopic (exact) mass is 271 g/mol. The van der Waals surface area contributed by atoms with Gasteiger partial charge in [-0.3, -0.25) is 0 Å². The number of hydrogen-bond donors (Lipinski definition) is 1. The zero-order chi connectivity index (χ0) is 14.5. The van der Waals surface area contributed by atoms with Crippen molar-refractivity contribution in [2.75, 3.05) is 5.73 Å². The highest BCUT2D eigenvalue weighted by molar-refractivity contribution is 5.42. The van der Waals surface area contributed by atoms with E-state index in [-0.39, 0.29) is 6.42 Å². The van der Waals surface area contributed by atoms with Crippen LogP contribution in [-0.4, -0.2) is 6.18 Å². The summed E-state index contributed by atoms with van der Waals surface area (Å²) in [5, 5.41) is 0. The van der Waals surface area contributed by atoms with Crippen molar-refractivity contribution < 1.29 is 17.9 Å². The number of benzene rings is 1. The fraction of sp³-hybridized carbons (Fsp3) is 0.286. The molecule has 0 aromatic heterocycles. The van der Waals surface area contributed by atoms with E-state index in [1.807, 2.05) is 0 Å². The van der Waals surface area contributed by atoms with Gasteiger partial charge in [0.15, 0.2) is 0 Å². The van der Waals surface area contributed by atoms with E-state index in [0.29, 0.717) is 17.2 Å². The van der Waals surface area contributed by atoms with Gasteiger partial charge in [-0.15, -0.1) is 0 Å². The highest BCUT2D eigenvalue weighted by Crippen LogP contribution is 2.28. The van der Waals surface area contributed by atoms with E-state index >= 15 is 0 Å². The molecule has 0 atom stereocenters. The Labute approximate surface area is 110 Å². The molecule has 0 aliphatic rings. The van der Waals surface area contributed by atoms with Gasteiger partial charge in [-0.2, -0.15) is 13.2 Å². The zero-order valence-electron chi connectivity index (χ0n) is 10.8. The molecule has 0 unspecified atom stereocenters. The van der Waals surface area contributed by atoms with Crippen LogP contribution in [0.1, 0.15) is 20.3 Å². The average Bonchev–Trinajstić information content (AvgIpc) is 2.31. The standard InChI is InChI=1S/C14H16F3NO/c1-3-11(14(15,16)17)5-4-10(2)19-13-8-6-12(18)7-9-13/h4-9H,3,18H2,1-2H3/b10-4+,11-5+. The molecule has 0 heterocycles. The van der Waals surface area contributed by atoms with Gasteiger partial charge in [-0.05, 0) is 43.7 Å². The molecule has 0 bridgehead atoms. The summed E-state index contributed by atoms with van der Waals surface area (Å²) in [4.78, 5) is 0. The lowest BCUT2D eigenvalue weighted by Crippen LogP contribution is -2.10. The van der Waals surface area contributed by atoms with Crippen molar-refractivity contribution in [3.8, 4) is 5.75 Å². The van der Waals surface area contributed by atoms with E-state index < -0.39 is 11.7 Å². The van der Waals surface area contributed by atoms with Crippen LogP contribution in [0.3, 0.4) is 0 Å². The Kier molecular flexibility index (Phi) is 5.03. The van der Waals surface area contributed by atoms with Crippen molar-refractivity contribution in [2.24, 2.45) is 0 Å². The molecule has 104 valence electrons. The van der Waals surface area contributed by atoms with Crippen LogP contribution in [0.15, 0.2) is 47.7 Å². The summed E-state index contributed by atoms with van der Waals surface area (Å²) in [7, 11) is 0. The molecule has 0 spiro atoms. The second-order valence-electron chi connectivity index (χ2n) is 3.99. The number of rotatable bonds is 4. The minimum Gasteiger partial charge on any atom is -0.462 e. The topological polar surface area (TPSA) is 35.2 Å². The maximum absolute atomic E-state index is 12.5. The number of nitrogen functional groups attached to an aromatic ring is 1. The van der Waals surface area contributed by atoms with Crippen LogP contribution in [0.5, 0.6) is 5.75 Å². The van der Waals surface area contributed by atoms with Crippen LogP contribution in [0, 0.1) is 0 Å². The summed E-state index contributed by atoms with van der Waals surface area (Å²) < 4.78 is 42.8. The quantitative estimate of drug-likeness (QED) is 0.499. The second kappa shape index (κ2) is 6.31. The van der Waals surface area contributed by atoms with Gasteiger partial charge in [-0.1, -0.05) is 13.0 Å². The van der Waals surface area contributed by atoms with Gasteiger partial charge in [0.1, 0.15) is 11.5 Å². The molecule has 0 aliphatic carbocycles. The van der Waals surface area contributed by atoms with Gasteiger partial charge >= 0.3 is 6.18 Å². The zero-order valence-corrected chi connectivity index (χ0v) is 10.8. The summed E-state index contributed by atoms with van der Waals surface area (Å²) in [5.74, 6) is 0.904. The molecular formula is C14H16F3NO. The predicted molar refractivity (Wildman–Crippen MR) is 69.7 cm³/mol. The van der Waals surface area contributed by atoms with Gasteiger partial charge in [0.05, 0.1) is 0 Å². The molecule has 19 heavy (non-hydrogen) atoms. The van der Waals surface area contributed by atoms with Crippen LogP contribution in [0.2, 0.25) is 0 Å². The third-order valence-corrected chi connectivity index (χ3v) is 2.42. The minimum atomic E-state index is -4.30. The Hall–Kier alpha value is -1.91. The molecular weight excluding hydrogens is 255 g/mol. The lowest BCUT2D eigenvalue weighted by Gasteiger charge is -2.09. The summed E-state index contributed by atoms with van der Waals surface area (Å²) in [6.07, 6.45) is -2.03. The largest absolute Gasteiger partial charge is 0.462 e. The summed E-state index contributed by atoms with van der Waals surface area (Å²) >= 11 is 0. The van der Waals surface area contributed by atoms with E-state index in [4.69, 9.17) is 10.5 Å². The molecule has 0 radical (unpaired) electrons. The molecule has 0 aliphatic heterocycles. The first-order chi connectivity index (χ1) is 8.82. The average molecular weight is 271 g/mol. The maximum Gasteiger partial charge on any atom is 0.412 e. The van der Waals surface area contributed by atoms with Crippen molar-refractivity contribution in [2.45, 2.75) is 26.4 Å².